The Morgan fingerprint density at radius 3 is 1.02 bits per heavy atom. The molecule has 7 nitrogen and oxygen atoms in total. The molecule has 0 aliphatic carbocycles. The van der Waals surface area contributed by atoms with Crippen LogP contribution in [0.25, 0.3) is 90.6 Å². The lowest BCUT2D eigenvalue weighted by molar-refractivity contribution is 1.07. The van der Waals surface area contributed by atoms with Crippen LogP contribution in [0.4, 0.5) is 0 Å². The van der Waals surface area contributed by atoms with Crippen molar-refractivity contribution in [3.05, 3.63) is 194 Å². The molecule has 9 rings (SSSR count). The van der Waals surface area contributed by atoms with Gasteiger partial charge in [-0.1, -0.05) is 164 Å². The van der Waals surface area contributed by atoms with Crippen molar-refractivity contribution >= 4 is 0 Å². The lowest BCUT2D eigenvalue weighted by atomic mass is 9.91. The zero-order chi connectivity index (χ0) is 37.7. The van der Waals surface area contributed by atoms with Crippen LogP contribution in [0.3, 0.4) is 0 Å². The first-order valence-electron chi connectivity index (χ1n) is 18.2. The number of nitriles is 1. The minimum Gasteiger partial charge on any atom is -0.208 e. The SMILES string of the molecule is N#Cc1ccc(-c2ccc(-c3nc(-c4ccccc4)nc(-c4ccccc4)n3)cc2-c2cccc(-c3nc(-c4ccccc4)nc(-c4ccccc4)n3)c2)cc1. The smallest absolute Gasteiger partial charge is 0.164 e. The summed E-state index contributed by atoms with van der Waals surface area (Å²) < 4.78 is 0. The first kappa shape index (κ1) is 33.9. The summed E-state index contributed by atoms with van der Waals surface area (Å²) in [6, 6.07) is 64.2. The van der Waals surface area contributed by atoms with Crippen molar-refractivity contribution in [2.75, 3.05) is 0 Å². The quantitative estimate of drug-likeness (QED) is 0.154. The highest BCUT2D eigenvalue weighted by molar-refractivity contribution is 5.88. The predicted molar refractivity (Wildman–Crippen MR) is 221 cm³/mol. The van der Waals surface area contributed by atoms with Crippen LogP contribution in [-0.4, -0.2) is 29.9 Å². The maximum atomic E-state index is 9.54. The van der Waals surface area contributed by atoms with Crippen LogP contribution >= 0.6 is 0 Å². The average Bonchev–Trinajstić information content (AvgIpc) is 3.30. The molecule has 0 saturated carbocycles. The molecule has 2 heterocycles. The lowest BCUT2D eigenvalue weighted by Gasteiger charge is -2.15. The molecular formula is C49H31N7. The van der Waals surface area contributed by atoms with Gasteiger partial charge >= 0.3 is 0 Å². The van der Waals surface area contributed by atoms with Gasteiger partial charge in [0.05, 0.1) is 11.6 Å². The predicted octanol–water partition coefficient (Wildman–Crippen LogP) is 11.3. The van der Waals surface area contributed by atoms with E-state index in [2.05, 4.69) is 30.3 Å². The summed E-state index contributed by atoms with van der Waals surface area (Å²) in [4.78, 5) is 29.8. The van der Waals surface area contributed by atoms with E-state index in [1.54, 1.807) is 0 Å². The number of hydrogen-bond donors (Lipinski definition) is 0. The molecule has 0 fully saturated rings. The Labute approximate surface area is 324 Å². The molecule has 0 radical (unpaired) electrons. The Balaban J connectivity index is 1.22. The second-order valence-electron chi connectivity index (χ2n) is 13.1. The summed E-state index contributed by atoms with van der Waals surface area (Å²) in [5, 5.41) is 9.54. The normalized spacial score (nSPS) is 10.8. The highest BCUT2D eigenvalue weighted by atomic mass is 15.0. The van der Waals surface area contributed by atoms with E-state index in [1.165, 1.54) is 0 Å². The molecule has 262 valence electrons. The van der Waals surface area contributed by atoms with Crippen LogP contribution in [0.2, 0.25) is 0 Å². The molecule has 0 spiro atoms. The van der Waals surface area contributed by atoms with Crippen LogP contribution in [0.15, 0.2) is 188 Å². The summed E-state index contributed by atoms with van der Waals surface area (Å²) in [7, 11) is 0. The van der Waals surface area contributed by atoms with Gasteiger partial charge in [-0.05, 0) is 46.5 Å². The van der Waals surface area contributed by atoms with Gasteiger partial charge in [-0.25, -0.2) is 29.9 Å². The van der Waals surface area contributed by atoms with E-state index in [1.807, 2.05) is 164 Å². The summed E-state index contributed by atoms with van der Waals surface area (Å²) in [6.07, 6.45) is 0. The summed E-state index contributed by atoms with van der Waals surface area (Å²) in [5.41, 5.74) is 9.75. The van der Waals surface area contributed by atoms with Crippen molar-refractivity contribution in [3.63, 3.8) is 0 Å². The van der Waals surface area contributed by atoms with Gasteiger partial charge in [0.15, 0.2) is 34.9 Å². The Morgan fingerprint density at radius 2 is 0.607 bits per heavy atom. The molecule has 2 aromatic heterocycles. The largest absolute Gasteiger partial charge is 0.208 e. The molecule has 7 heteroatoms. The first-order valence-corrected chi connectivity index (χ1v) is 18.2. The fourth-order valence-electron chi connectivity index (χ4n) is 6.60. The van der Waals surface area contributed by atoms with Gasteiger partial charge in [0.1, 0.15) is 0 Å². The van der Waals surface area contributed by atoms with Crippen molar-refractivity contribution in [1.29, 1.82) is 5.26 Å². The molecule has 0 aliphatic heterocycles. The number of benzene rings is 7. The second-order valence-corrected chi connectivity index (χ2v) is 13.1. The molecule has 0 N–H and O–H groups in total. The van der Waals surface area contributed by atoms with Gasteiger partial charge in [0.2, 0.25) is 0 Å². The lowest BCUT2D eigenvalue weighted by Crippen LogP contribution is -2.01. The van der Waals surface area contributed by atoms with E-state index in [0.29, 0.717) is 40.5 Å². The Morgan fingerprint density at radius 1 is 0.268 bits per heavy atom. The van der Waals surface area contributed by atoms with Crippen molar-refractivity contribution in [1.82, 2.24) is 29.9 Å². The molecule has 0 amide bonds. The highest BCUT2D eigenvalue weighted by Gasteiger charge is 2.17. The Kier molecular flexibility index (Phi) is 9.18. The molecule has 9 aromatic rings. The molecular weight excluding hydrogens is 687 g/mol. The highest BCUT2D eigenvalue weighted by Crippen LogP contribution is 2.38. The van der Waals surface area contributed by atoms with Crippen molar-refractivity contribution < 1.29 is 0 Å². The number of hydrogen-bond acceptors (Lipinski definition) is 7. The van der Waals surface area contributed by atoms with Crippen molar-refractivity contribution in [3.8, 4) is 96.7 Å². The van der Waals surface area contributed by atoms with E-state index in [9.17, 15) is 5.26 Å². The molecule has 0 atom stereocenters. The first-order chi connectivity index (χ1) is 27.7. The minimum absolute atomic E-state index is 0.555. The van der Waals surface area contributed by atoms with Crippen LogP contribution in [0, 0.1) is 11.3 Å². The molecule has 0 unspecified atom stereocenters. The van der Waals surface area contributed by atoms with Crippen LogP contribution in [0.1, 0.15) is 5.56 Å². The van der Waals surface area contributed by atoms with Crippen LogP contribution < -0.4 is 0 Å². The van der Waals surface area contributed by atoms with Crippen LogP contribution in [0.5, 0.6) is 0 Å². The van der Waals surface area contributed by atoms with E-state index in [-0.39, 0.29) is 0 Å². The van der Waals surface area contributed by atoms with E-state index >= 15 is 0 Å². The summed E-state index contributed by atoms with van der Waals surface area (Å²) in [5.74, 6) is 3.49. The number of aromatic nitrogens is 6. The van der Waals surface area contributed by atoms with Gasteiger partial charge < -0.3 is 0 Å². The average molecular weight is 718 g/mol. The van der Waals surface area contributed by atoms with Crippen molar-refractivity contribution in [2.45, 2.75) is 0 Å². The fourth-order valence-corrected chi connectivity index (χ4v) is 6.60. The topological polar surface area (TPSA) is 101 Å². The maximum absolute atomic E-state index is 9.54. The fraction of sp³-hybridized carbons (Fsp3) is 0. The minimum atomic E-state index is 0.555. The van der Waals surface area contributed by atoms with E-state index < -0.39 is 0 Å². The van der Waals surface area contributed by atoms with Gasteiger partial charge in [-0.15, -0.1) is 0 Å². The van der Waals surface area contributed by atoms with Gasteiger partial charge in [0.25, 0.3) is 0 Å². The zero-order valence-corrected chi connectivity index (χ0v) is 30.0. The molecule has 7 aromatic carbocycles. The molecule has 0 aliphatic rings. The van der Waals surface area contributed by atoms with Crippen LogP contribution in [-0.2, 0) is 0 Å². The zero-order valence-electron chi connectivity index (χ0n) is 30.0. The summed E-state index contributed by atoms with van der Waals surface area (Å²) >= 11 is 0. The Bertz CT molecular complexity index is 2720. The molecule has 56 heavy (non-hydrogen) atoms. The van der Waals surface area contributed by atoms with E-state index in [0.717, 1.165) is 55.6 Å². The van der Waals surface area contributed by atoms with Gasteiger partial charge in [-0.3, -0.25) is 0 Å². The summed E-state index contributed by atoms with van der Waals surface area (Å²) in [6.45, 7) is 0. The number of rotatable bonds is 8. The second kappa shape index (κ2) is 15.2. The third-order valence-corrected chi connectivity index (χ3v) is 9.43. The molecule has 0 bridgehead atoms. The monoisotopic (exact) mass is 717 g/mol. The third-order valence-electron chi connectivity index (χ3n) is 9.43. The van der Waals surface area contributed by atoms with Gasteiger partial charge in [0, 0.05) is 33.4 Å². The van der Waals surface area contributed by atoms with E-state index in [4.69, 9.17) is 29.9 Å². The Hall–Kier alpha value is -7.95. The third kappa shape index (κ3) is 7.06. The van der Waals surface area contributed by atoms with Gasteiger partial charge in [-0.2, -0.15) is 5.26 Å². The maximum Gasteiger partial charge on any atom is 0.164 e. The standard InChI is InChI=1S/C49H31N7/c50-32-33-24-26-34(27-25-33)42-29-28-41(49-55-46(37-18-9-3-10-19-37)52-47(56-49)38-20-11-4-12-21-38)31-43(42)39-22-13-23-40(30-39)48-53-44(35-14-5-1-6-15-35)51-45(54-48)36-16-7-2-8-17-36/h1-31H. The number of nitrogens with zero attached hydrogens (tertiary/aromatic N) is 7. The molecule has 0 saturated heterocycles. The van der Waals surface area contributed by atoms with Crippen molar-refractivity contribution in [2.24, 2.45) is 0 Å².